The number of anilines is 3. The lowest BCUT2D eigenvalue weighted by Crippen LogP contribution is -2.24. The van der Waals surface area contributed by atoms with E-state index in [2.05, 4.69) is 84.3 Å². The fourth-order valence-corrected chi connectivity index (χ4v) is 15.2. The van der Waals surface area contributed by atoms with Crippen LogP contribution in [0.4, 0.5) is 17.5 Å². The first-order valence-corrected chi connectivity index (χ1v) is 34.4. The van der Waals surface area contributed by atoms with Crippen LogP contribution in [0.25, 0.3) is 0 Å². The summed E-state index contributed by atoms with van der Waals surface area (Å²) in [7, 11) is -4.08. The Bertz CT molecular complexity index is 3940. The molecule has 9 atom stereocenters. The minimum absolute atomic E-state index is 0.0716. The number of ketones is 3. The number of aromatic amines is 1. The van der Waals surface area contributed by atoms with E-state index >= 15 is 0 Å². The molecule has 9 aromatic rings. The summed E-state index contributed by atoms with van der Waals surface area (Å²) in [6.45, 7) is 11.7. The Morgan fingerprint density at radius 3 is 1.38 bits per heavy atom. The van der Waals surface area contributed by atoms with Crippen molar-refractivity contribution in [2.45, 2.75) is 116 Å². The smallest absolute Gasteiger partial charge is 0.333 e. The number of nitrogens with zero attached hydrogens (tertiary/aromatic N) is 11. The van der Waals surface area contributed by atoms with E-state index in [1.165, 1.54) is 59.2 Å². The Hall–Kier alpha value is -7.58. The van der Waals surface area contributed by atoms with Gasteiger partial charge in [0.2, 0.25) is 17.3 Å². The van der Waals surface area contributed by atoms with Gasteiger partial charge in [-0.15, -0.1) is 45.6 Å². The monoisotopic (exact) mass is 1350 g/mol. The molecule has 12 rings (SSSR count). The summed E-state index contributed by atoms with van der Waals surface area (Å²) < 4.78 is 30.3. The number of nitrogens with two attached hydrogens (primary N) is 1. The number of aliphatic hydroxyl groups is 3. The normalized spacial score (nSPS) is 20.9. The van der Waals surface area contributed by atoms with Gasteiger partial charge >= 0.3 is 10.3 Å². The molecule has 30 heteroatoms. The minimum Gasteiger partial charge on any atom is -0.396 e. The van der Waals surface area contributed by atoms with Gasteiger partial charge in [-0.2, -0.15) is 23.7 Å². The number of hydrogen-bond donors (Lipinski definition) is 8. The maximum Gasteiger partial charge on any atom is 0.333 e. The molecule has 9 N–H and O–H groups in total. The molecule has 3 aliphatic carbocycles. The molecular formula is C62H75ClN16O9S4. The van der Waals surface area contributed by atoms with Gasteiger partial charge in [0.05, 0.1) is 57.1 Å². The summed E-state index contributed by atoms with van der Waals surface area (Å²) in [6.07, 6.45) is 23.2. The average Bonchev–Trinajstić information content (AvgIpc) is 2.35. The lowest BCUT2D eigenvalue weighted by atomic mass is 10.00. The number of carbonyl (C=O) groups is 3. The number of hydrogen-bond acceptors (Lipinski definition) is 24. The predicted molar refractivity (Wildman–Crippen MR) is 352 cm³/mol. The number of aliphatic hydroxyl groups excluding tert-OH is 3. The summed E-state index contributed by atoms with van der Waals surface area (Å²) in [5.74, 6) is 2.61. The number of alkyl halides is 1. The standard InChI is InChI=1S/C21H25N5O2S.C20H24N6O5S2.C18H22ClN3O2S.C3H4N2/c1-13-6-17(7-16(13)11-27)25-21-18(9-22-12-23-21)20(28)19-8-15(14(2)29-19)10-26-5-3-4-24-26;1-12-13(9-26-4-2-3-24-26)6-18(32-12)19(28)16-8-22-11-23-20(16)25-15-5-14(17(27)7-15)10-31-33(21,29)30;1-10-3-14(4-13(10)8-23)22-18-15(7-20-9-21-18)17(24)16-5-12(6-19)11(2)25-16;1-2-4-5-3-1/h3-5,8-9,12-13,16-17,27H,6-7,10-11H2,1-2H3,(H,22,23,25);2-4,6,8,11,14-15,17,27H,5,7,9-10H2,1H3,(H2,21,29,30)(H,22,23,25);5,7,9-10,13-14,23H,3-4,6,8H2,1-2H3,(H,20,21,22);1-3H,(H,4,5)/t13-,16+,17-;14-,15-,17+;10-,13+,14-;/m010./s1. The number of carbonyl (C=O) groups excluding carboxylic acids is 3. The van der Waals surface area contributed by atoms with Crippen LogP contribution in [0.5, 0.6) is 0 Å². The molecule has 488 valence electrons. The van der Waals surface area contributed by atoms with Crippen molar-refractivity contribution in [1.29, 1.82) is 0 Å². The summed E-state index contributed by atoms with van der Waals surface area (Å²) in [5.41, 5.74) is 4.36. The Labute approximate surface area is 550 Å². The fraction of sp³-hybridized carbons (Fsp3) is 0.419. The van der Waals surface area contributed by atoms with E-state index in [0.717, 1.165) is 57.0 Å². The second-order valence-corrected chi connectivity index (χ2v) is 28.4. The quantitative estimate of drug-likeness (QED) is 0.0234. The third-order valence-electron chi connectivity index (χ3n) is 16.6. The van der Waals surface area contributed by atoms with Crippen molar-refractivity contribution in [2.75, 3.05) is 35.8 Å². The highest BCUT2D eigenvalue weighted by Gasteiger charge is 2.36. The molecule has 0 saturated heterocycles. The molecule has 0 bridgehead atoms. The Kier molecular flexibility index (Phi) is 24.2. The Balaban J connectivity index is 0.000000158. The third kappa shape index (κ3) is 18.4. The Morgan fingerprint density at radius 2 is 1.04 bits per heavy atom. The van der Waals surface area contributed by atoms with E-state index in [4.69, 9.17) is 16.7 Å². The van der Waals surface area contributed by atoms with Crippen molar-refractivity contribution >= 4 is 90.7 Å². The van der Waals surface area contributed by atoms with E-state index in [9.17, 15) is 38.1 Å². The molecule has 0 amide bonds. The van der Waals surface area contributed by atoms with Crippen LogP contribution in [-0.4, -0.2) is 145 Å². The number of aromatic nitrogens is 12. The van der Waals surface area contributed by atoms with E-state index in [1.54, 1.807) is 41.9 Å². The first-order chi connectivity index (χ1) is 44.3. The van der Waals surface area contributed by atoms with Gasteiger partial charge in [-0.1, -0.05) is 13.8 Å². The highest BCUT2D eigenvalue weighted by Crippen LogP contribution is 2.37. The molecule has 0 unspecified atom stereocenters. The van der Waals surface area contributed by atoms with E-state index < -0.39 is 22.3 Å². The predicted octanol–water partition coefficient (Wildman–Crippen LogP) is 8.28. The lowest BCUT2D eigenvalue weighted by Gasteiger charge is -2.15. The van der Waals surface area contributed by atoms with Gasteiger partial charge in [-0.3, -0.25) is 33.0 Å². The molecule has 3 aliphatic rings. The van der Waals surface area contributed by atoms with Crippen molar-refractivity contribution in [3.63, 3.8) is 0 Å². The molecule has 0 aromatic carbocycles. The Morgan fingerprint density at radius 1 is 0.630 bits per heavy atom. The van der Waals surface area contributed by atoms with E-state index in [0.29, 0.717) is 104 Å². The number of rotatable bonds is 22. The molecule has 0 radical (unpaired) electrons. The SMILES string of the molecule is Cc1sc(C(=O)c2cncnc2N[C@@H]2C[C@H](CO)[C@@H](C)C2)cc1CCl.Cc1sc(C(=O)c2cncnc2N[C@@H]2C[C@H](CO)[C@@H](C)C2)cc1Cn1cccn1.Cc1sc(C(=O)c2cncnc2N[C@@H]2C[C@H](COS(N)(=O)=O)[C@@H](O)C2)cc1Cn1cccn1.c1cn[nH]c1. The number of thiophene rings is 3. The van der Waals surface area contributed by atoms with Crippen LogP contribution >= 0.6 is 45.6 Å². The summed E-state index contributed by atoms with van der Waals surface area (Å²) in [4.78, 5) is 69.5. The largest absolute Gasteiger partial charge is 0.396 e. The van der Waals surface area contributed by atoms with Crippen molar-refractivity contribution in [2.24, 2.45) is 34.7 Å². The van der Waals surface area contributed by atoms with Gasteiger partial charge in [-0.25, -0.2) is 35.0 Å². The van der Waals surface area contributed by atoms with E-state index in [-0.39, 0.29) is 55.3 Å². The number of nitrogens with one attached hydrogen (secondary N) is 4. The van der Waals surface area contributed by atoms with Gasteiger partial charge in [-0.05, 0) is 136 Å². The zero-order valence-electron chi connectivity index (χ0n) is 51.4. The molecule has 92 heavy (non-hydrogen) atoms. The van der Waals surface area contributed by atoms with Crippen LogP contribution < -0.4 is 21.1 Å². The van der Waals surface area contributed by atoms with Crippen LogP contribution in [0.1, 0.15) is 129 Å². The van der Waals surface area contributed by atoms with Crippen LogP contribution in [-0.2, 0) is 33.5 Å². The zero-order chi connectivity index (χ0) is 65.5. The maximum atomic E-state index is 13.3. The number of halogens is 1. The first kappa shape index (κ1) is 68.8. The highest BCUT2D eigenvalue weighted by atomic mass is 35.5. The topological polar surface area (TPSA) is 359 Å². The molecule has 3 fully saturated rings. The van der Waals surface area contributed by atoms with Gasteiger partial charge in [0, 0.05) is 114 Å². The van der Waals surface area contributed by atoms with Crippen LogP contribution in [0, 0.1) is 50.4 Å². The third-order valence-corrected chi connectivity index (χ3v) is 20.7. The molecule has 9 heterocycles. The van der Waals surface area contributed by atoms with Crippen molar-refractivity contribution in [3.05, 3.63) is 174 Å². The molecule has 3 saturated carbocycles. The highest BCUT2D eigenvalue weighted by molar-refractivity contribution is 7.84. The number of aryl methyl sites for hydroxylation is 3. The summed E-state index contributed by atoms with van der Waals surface area (Å²) in [6, 6.07) is 11.4. The second kappa shape index (κ2) is 32.3. The van der Waals surface area contributed by atoms with Crippen LogP contribution in [0.2, 0.25) is 0 Å². The second-order valence-electron chi connectivity index (χ2n) is 23.1. The van der Waals surface area contributed by atoms with Gasteiger partial charge in [0.1, 0.15) is 36.4 Å². The van der Waals surface area contributed by atoms with Gasteiger partial charge < -0.3 is 31.3 Å². The maximum absolute atomic E-state index is 13.3. The lowest BCUT2D eigenvalue weighted by molar-refractivity contribution is 0.100. The molecule has 9 aromatic heterocycles. The van der Waals surface area contributed by atoms with E-state index in [1.807, 2.05) is 74.2 Å². The minimum atomic E-state index is -4.08. The molecule has 0 aliphatic heterocycles. The molecule has 0 spiro atoms. The summed E-state index contributed by atoms with van der Waals surface area (Å²) in [5, 5.41) is 58.8. The average molecular weight is 1350 g/mol. The number of H-pyrrole nitrogens is 1. The van der Waals surface area contributed by atoms with Crippen molar-refractivity contribution in [3.8, 4) is 0 Å². The van der Waals surface area contributed by atoms with Gasteiger partial charge in [0.25, 0.3) is 0 Å². The summed E-state index contributed by atoms with van der Waals surface area (Å²) >= 11 is 10.3. The van der Waals surface area contributed by atoms with Crippen molar-refractivity contribution in [1.82, 2.24) is 59.7 Å². The fourth-order valence-electron chi connectivity index (χ4n) is 11.5. The van der Waals surface area contributed by atoms with Crippen molar-refractivity contribution < 1.29 is 42.3 Å². The zero-order valence-corrected chi connectivity index (χ0v) is 55.4. The van der Waals surface area contributed by atoms with Gasteiger partial charge in [0.15, 0.2) is 0 Å². The van der Waals surface area contributed by atoms with Crippen LogP contribution in [0.3, 0.4) is 0 Å². The molecular weight excluding hydrogens is 1280 g/mol. The first-order valence-electron chi connectivity index (χ1n) is 29.9. The molecule has 25 nitrogen and oxygen atoms in total. The van der Waals surface area contributed by atoms with Crippen LogP contribution in [0.15, 0.2) is 111 Å².